The molecule has 2 nitrogen and oxygen atoms in total. The van der Waals surface area contributed by atoms with Crippen molar-refractivity contribution < 1.29 is 0 Å². The van der Waals surface area contributed by atoms with E-state index < -0.39 is 0 Å². The highest BCUT2D eigenvalue weighted by Crippen LogP contribution is 2.20. The zero-order valence-electron chi connectivity index (χ0n) is 10.4. The molecule has 1 heterocycles. The van der Waals surface area contributed by atoms with Gasteiger partial charge in [-0.15, -0.1) is 0 Å². The molecule has 1 N–H and O–H groups in total. The molecule has 2 rings (SSSR count). The molecule has 1 atom stereocenters. The molecule has 0 radical (unpaired) electrons. The molecule has 0 saturated carbocycles. The highest BCUT2D eigenvalue weighted by atomic mass is 127. The molecule has 0 aliphatic rings. The Bertz CT molecular complexity index is 485. The van der Waals surface area contributed by atoms with Crippen LogP contribution in [0.2, 0.25) is 0 Å². The Hall–Kier alpha value is -0.940. The van der Waals surface area contributed by atoms with E-state index in [0.29, 0.717) is 6.04 Å². The molecule has 94 valence electrons. The van der Waals surface area contributed by atoms with Crippen LogP contribution in [0, 0.1) is 3.57 Å². The summed E-state index contributed by atoms with van der Waals surface area (Å²) in [7, 11) is 0. The maximum atomic E-state index is 4.18. The van der Waals surface area contributed by atoms with E-state index >= 15 is 0 Å². The van der Waals surface area contributed by atoms with Crippen LogP contribution in [-0.4, -0.2) is 11.5 Å². The molecule has 0 fully saturated rings. The van der Waals surface area contributed by atoms with Gasteiger partial charge in [-0.3, -0.25) is 4.98 Å². The predicted octanol–water partition coefficient (Wildman–Crippen LogP) is 3.58. The summed E-state index contributed by atoms with van der Waals surface area (Å²) < 4.78 is 1.28. The van der Waals surface area contributed by atoms with Crippen molar-refractivity contribution >= 4 is 22.6 Å². The predicted molar refractivity (Wildman–Crippen MR) is 83.5 cm³/mol. The first-order chi connectivity index (χ1) is 8.79. The van der Waals surface area contributed by atoms with Gasteiger partial charge in [0.25, 0.3) is 0 Å². The van der Waals surface area contributed by atoms with Gasteiger partial charge in [-0.25, -0.2) is 0 Å². The van der Waals surface area contributed by atoms with Crippen LogP contribution in [-0.2, 0) is 6.42 Å². The molecule has 0 aliphatic heterocycles. The van der Waals surface area contributed by atoms with Crippen LogP contribution < -0.4 is 5.32 Å². The minimum absolute atomic E-state index is 0.355. The monoisotopic (exact) mass is 352 g/mol. The fourth-order valence-corrected chi connectivity index (χ4v) is 2.60. The van der Waals surface area contributed by atoms with Gasteiger partial charge < -0.3 is 5.32 Å². The van der Waals surface area contributed by atoms with Gasteiger partial charge in [-0.1, -0.05) is 25.1 Å². The molecule has 0 bridgehead atoms. The molecule has 2 aromatic rings. The van der Waals surface area contributed by atoms with E-state index in [-0.39, 0.29) is 0 Å². The molecule has 0 saturated heterocycles. The Morgan fingerprint density at radius 2 is 2.17 bits per heavy atom. The SMILES string of the molecule is CCNC(Cc1cccnc1)c1cccc(I)c1. The molecule has 1 aromatic carbocycles. The molecule has 0 amide bonds. The number of nitrogens with zero attached hydrogens (tertiary/aromatic N) is 1. The zero-order valence-corrected chi connectivity index (χ0v) is 12.6. The number of halogens is 1. The van der Waals surface area contributed by atoms with Gasteiger partial charge in [0.15, 0.2) is 0 Å². The summed E-state index contributed by atoms with van der Waals surface area (Å²) in [5, 5.41) is 3.54. The first-order valence-corrected chi connectivity index (χ1v) is 7.25. The second kappa shape index (κ2) is 6.85. The lowest BCUT2D eigenvalue weighted by Crippen LogP contribution is -2.23. The Morgan fingerprint density at radius 1 is 1.28 bits per heavy atom. The van der Waals surface area contributed by atoms with Gasteiger partial charge in [0.05, 0.1) is 0 Å². The Labute approximate surface area is 122 Å². The van der Waals surface area contributed by atoms with Crippen molar-refractivity contribution in [2.24, 2.45) is 0 Å². The number of hydrogen-bond donors (Lipinski definition) is 1. The Balaban J connectivity index is 2.18. The molecular weight excluding hydrogens is 335 g/mol. The normalized spacial score (nSPS) is 12.3. The summed E-state index contributed by atoms with van der Waals surface area (Å²) in [6.07, 6.45) is 4.73. The maximum Gasteiger partial charge on any atom is 0.0361 e. The Morgan fingerprint density at radius 3 is 2.83 bits per heavy atom. The number of hydrogen-bond acceptors (Lipinski definition) is 2. The summed E-state index contributed by atoms with van der Waals surface area (Å²) in [4.78, 5) is 4.18. The van der Waals surface area contributed by atoms with Gasteiger partial charge in [0.1, 0.15) is 0 Å². The average molecular weight is 352 g/mol. The topological polar surface area (TPSA) is 24.9 Å². The van der Waals surface area contributed by atoms with Gasteiger partial charge in [-0.05, 0) is 64.9 Å². The first-order valence-electron chi connectivity index (χ1n) is 6.17. The molecule has 18 heavy (non-hydrogen) atoms. The standard InChI is InChI=1S/C15H17IN2/c1-2-18-15(9-12-5-4-8-17-11-12)13-6-3-7-14(16)10-13/h3-8,10-11,15,18H,2,9H2,1H3. The summed E-state index contributed by atoms with van der Waals surface area (Å²) in [6.45, 7) is 3.11. The van der Waals surface area contributed by atoms with E-state index in [2.05, 4.69) is 70.1 Å². The number of rotatable bonds is 5. The summed E-state index contributed by atoms with van der Waals surface area (Å²) in [5.41, 5.74) is 2.61. The van der Waals surface area contributed by atoms with Crippen molar-refractivity contribution in [2.75, 3.05) is 6.54 Å². The van der Waals surface area contributed by atoms with Crippen LogP contribution in [0.25, 0.3) is 0 Å². The maximum absolute atomic E-state index is 4.18. The van der Waals surface area contributed by atoms with Crippen LogP contribution in [0.1, 0.15) is 24.1 Å². The Kier molecular flexibility index (Phi) is 5.13. The van der Waals surface area contributed by atoms with Gasteiger partial charge >= 0.3 is 0 Å². The number of aromatic nitrogens is 1. The van der Waals surface area contributed by atoms with Crippen LogP contribution >= 0.6 is 22.6 Å². The van der Waals surface area contributed by atoms with Crippen LogP contribution in [0.4, 0.5) is 0 Å². The van der Waals surface area contributed by atoms with Crippen molar-refractivity contribution in [3.8, 4) is 0 Å². The third-order valence-corrected chi connectivity index (χ3v) is 3.54. The lowest BCUT2D eigenvalue weighted by molar-refractivity contribution is 0.549. The van der Waals surface area contributed by atoms with Crippen LogP contribution in [0.5, 0.6) is 0 Å². The van der Waals surface area contributed by atoms with Crippen LogP contribution in [0.3, 0.4) is 0 Å². The minimum atomic E-state index is 0.355. The summed E-state index contributed by atoms with van der Waals surface area (Å²) in [5.74, 6) is 0. The van der Waals surface area contributed by atoms with Crippen LogP contribution in [0.15, 0.2) is 48.8 Å². The molecule has 1 unspecified atom stereocenters. The largest absolute Gasteiger partial charge is 0.310 e. The molecule has 0 aliphatic carbocycles. The highest BCUT2D eigenvalue weighted by molar-refractivity contribution is 14.1. The van der Waals surface area contributed by atoms with E-state index in [1.807, 2.05) is 18.5 Å². The fraction of sp³-hybridized carbons (Fsp3) is 0.267. The van der Waals surface area contributed by atoms with Crippen molar-refractivity contribution in [1.29, 1.82) is 0 Å². The third-order valence-electron chi connectivity index (χ3n) is 2.86. The summed E-state index contributed by atoms with van der Waals surface area (Å²) in [6, 6.07) is 13.1. The smallest absolute Gasteiger partial charge is 0.0361 e. The number of likely N-dealkylation sites (N-methyl/N-ethyl adjacent to an activating group) is 1. The second-order valence-corrected chi connectivity index (χ2v) is 5.48. The van der Waals surface area contributed by atoms with Crippen molar-refractivity contribution in [1.82, 2.24) is 10.3 Å². The third kappa shape index (κ3) is 3.78. The van der Waals surface area contributed by atoms with E-state index in [4.69, 9.17) is 0 Å². The zero-order chi connectivity index (χ0) is 12.8. The number of nitrogens with one attached hydrogen (secondary N) is 1. The minimum Gasteiger partial charge on any atom is -0.310 e. The van der Waals surface area contributed by atoms with E-state index in [1.165, 1.54) is 14.7 Å². The number of pyridine rings is 1. The van der Waals surface area contributed by atoms with Crippen molar-refractivity contribution in [3.63, 3.8) is 0 Å². The van der Waals surface area contributed by atoms with Crippen molar-refractivity contribution in [2.45, 2.75) is 19.4 Å². The van der Waals surface area contributed by atoms with Gasteiger partial charge in [0.2, 0.25) is 0 Å². The van der Waals surface area contributed by atoms with Gasteiger partial charge in [-0.2, -0.15) is 0 Å². The molecule has 1 aromatic heterocycles. The van der Waals surface area contributed by atoms with E-state index in [1.54, 1.807) is 0 Å². The van der Waals surface area contributed by atoms with Crippen molar-refractivity contribution in [3.05, 3.63) is 63.5 Å². The quantitative estimate of drug-likeness (QED) is 0.832. The van der Waals surface area contributed by atoms with E-state index in [0.717, 1.165) is 13.0 Å². The summed E-state index contributed by atoms with van der Waals surface area (Å²) >= 11 is 2.36. The molecular formula is C15H17IN2. The molecule has 3 heteroatoms. The molecule has 0 spiro atoms. The second-order valence-electron chi connectivity index (χ2n) is 4.23. The lowest BCUT2D eigenvalue weighted by Gasteiger charge is -2.18. The first kappa shape index (κ1) is 13.5. The fourth-order valence-electron chi connectivity index (χ4n) is 2.03. The lowest BCUT2D eigenvalue weighted by atomic mass is 10.00. The van der Waals surface area contributed by atoms with Gasteiger partial charge in [0, 0.05) is 22.0 Å². The highest BCUT2D eigenvalue weighted by Gasteiger charge is 2.11. The average Bonchev–Trinajstić information content (AvgIpc) is 2.39. The number of benzene rings is 1. The van der Waals surface area contributed by atoms with E-state index in [9.17, 15) is 0 Å².